The molecule has 2 amide bonds. The summed E-state index contributed by atoms with van der Waals surface area (Å²) in [6.07, 6.45) is 2.14. The van der Waals surface area contributed by atoms with Crippen molar-refractivity contribution in [2.75, 3.05) is 25.2 Å². The summed E-state index contributed by atoms with van der Waals surface area (Å²) in [4.78, 5) is 26.8. The summed E-state index contributed by atoms with van der Waals surface area (Å²) in [5.74, 6) is 1.91. The number of hydrogen-bond donors (Lipinski definition) is 2. The summed E-state index contributed by atoms with van der Waals surface area (Å²) < 4.78 is 5.64. The molecule has 0 bridgehead atoms. The van der Waals surface area contributed by atoms with Gasteiger partial charge in [-0.05, 0) is 30.2 Å². The quantitative estimate of drug-likeness (QED) is 0.499. The van der Waals surface area contributed by atoms with Crippen LogP contribution in [0.25, 0.3) is 6.08 Å². The number of aliphatic hydroxyl groups is 1. The molecule has 150 valence electrons. The Labute approximate surface area is 178 Å². The van der Waals surface area contributed by atoms with Crippen molar-refractivity contribution in [1.82, 2.24) is 10.2 Å². The molecule has 0 unspecified atom stereocenters. The molecule has 1 aromatic carbocycles. The Morgan fingerprint density at radius 2 is 2.14 bits per heavy atom. The fraction of sp³-hybridized carbons (Fsp3) is 0.421. The zero-order chi connectivity index (χ0) is 20.1. The zero-order valence-corrected chi connectivity index (χ0v) is 17.9. The van der Waals surface area contributed by atoms with Gasteiger partial charge in [-0.3, -0.25) is 14.5 Å². The average molecular weight is 439 g/mol. The molecular weight excluding hydrogens is 416 g/mol. The first-order valence-corrected chi connectivity index (χ1v) is 11.3. The van der Waals surface area contributed by atoms with Gasteiger partial charge in [0.15, 0.2) is 0 Å². The van der Waals surface area contributed by atoms with E-state index in [1.54, 1.807) is 23.8 Å². The SMILES string of the molecule is COc1ccc(/C=C2\SC(=S)N(CCCC(=O)N[C@H]3CSC[C@H]3O)C2=O)cc1. The van der Waals surface area contributed by atoms with Gasteiger partial charge in [0, 0.05) is 24.5 Å². The van der Waals surface area contributed by atoms with E-state index in [-0.39, 0.29) is 17.9 Å². The van der Waals surface area contributed by atoms with E-state index in [1.165, 1.54) is 11.8 Å². The smallest absolute Gasteiger partial charge is 0.266 e. The number of methoxy groups -OCH3 is 1. The molecule has 0 saturated carbocycles. The molecule has 28 heavy (non-hydrogen) atoms. The predicted octanol–water partition coefficient (Wildman–Crippen LogP) is 2.27. The van der Waals surface area contributed by atoms with Crippen LogP contribution < -0.4 is 10.1 Å². The highest BCUT2D eigenvalue weighted by Gasteiger charge is 2.32. The topological polar surface area (TPSA) is 78.9 Å². The zero-order valence-electron chi connectivity index (χ0n) is 15.4. The van der Waals surface area contributed by atoms with Crippen LogP contribution in [0.2, 0.25) is 0 Å². The molecule has 2 saturated heterocycles. The molecule has 2 N–H and O–H groups in total. The van der Waals surface area contributed by atoms with Crippen LogP contribution in [0.5, 0.6) is 5.75 Å². The molecule has 3 rings (SSSR count). The van der Waals surface area contributed by atoms with Crippen LogP contribution in [0.3, 0.4) is 0 Å². The molecule has 2 atom stereocenters. The number of benzene rings is 1. The third-order valence-corrected chi connectivity index (χ3v) is 7.02. The van der Waals surface area contributed by atoms with Crippen molar-refractivity contribution < 1.29 is 19.4 Å². The van der Waals surface area contributed by atoms with Gasteiger partial charge in [0.25, 0.3) is 5.91 Å². The van der Waals surface area contributed by atoms with E-state index in [0.717, 1.165) is 17.1 Å². The molecule has 6 nitrogen and oxygen atoms in total. The van der Waals surface area contributed by atoms with Gasteiger partial charge in [0.2, 0.25) is 5.91 Å². The average Bonchev–Trinajstić information content (AvgIpc) is 3.20. The van der Waals surface area contributed by atoms with Crippen molar-refractivity contribution in [3.05, 3.63) is 34.7 Å². The standard InChI is InChI=1S/C19H22N2O4S3/c1-25-13-6-4-12(5-7-13)9-16-18(24)21(19(26)28-16)8-2-3-17(23)20-14-10-27-11-15(14)22/h4-7,9,14-15,22H,2-3,8,10-11H2,1H3,(H,20,23)/b16-9-/t14-,15+/m0/s1. The summed E-state index contributed by atoms with van der Waals surface area (Å²) in [7, 11) is 1.61. The summed E-state index contributed by atoms with van der Waals surface area (Å²) in [5.41, 5.74) is 0.897. The van der Waals surface area contributed by atoms with Crippen molar-refractivity contribution in [2.24, 2.45) is 0 Å². The second-order valence-electron chi connectivity index (χ2n) is 6.49. The van der Waals surface area contributed by atoms with Crippen molar-refractivity contribution in [1.29, 1.82) is 0 Å². The first-order valence-electron chi connectivity index (χ1n) is 8.92. The molecular formula is C19H22N2O4S3. The first kappa shape index (κ1) is 21.2. The Morgan fingerprint density at radius 3 is 2.79 bits per heavy atom. The Hall–Kier alpha value is -1.55. The highest BCUT2D eigenvalue weighted by atomic mass is 32.2. The van der Waals surface area contributed by atoms with E-state index in [2.05, 4.69) is 5.32 Å². The fourth-order valence-electron chi connectivity index (χ4n) is 2.90. The third kappa shape index (κ3) is 5.28. The Kier molecular flexibility index (Phi) is 7.39. The monoisotopic (exact) mass is 438 g/mol. The number of carbonyl (C=O) groups is 2. The van der Waals surface area contributed by atoms with Gasteiger partial charge in [0.1, 0.15) is 10.1 Å². The maximum atomic E-state index is 12.6. The van der Waals surface area contributed by atoms with Gasteiger partial charge in [-0.15, -0.1) is 0 Å². The number of nitrogens with one attached hydrogen (secondary N) is 1. The molecule has 2 fully saturated rings. The highest BCUT2D eigenvalue weighted by molar-refractivity contribution is 8.26. The summed E-state index contributed by atoms with van der Waals surface area (Å²) in [5, 5.41) is 12.6. The van der Waals surface area contributed by atoms with Crippen LogP contribution in [-0.2, 0) is 9.59 Å². The molecule has 1 aromatic rings. The molecule has 0 radical (unpaired) electrons. The van der Waals surface area contributed by atoms with E-state index in [9.17, 15) is 14.7 Å². The van der Waals surface area contributed by atoms with E-state index in [1.807, 2.05) is 30.3 Å². The number of carbonyl (C=O) groups excluding carboxylic acids is 2. The minimum atomic E-state index is -0.483. The Bertz CT molecular complexity index is 782. The van der Waals surface area contributed by atoms with Gasteiger partial charge >= 0.3 is 0 Å². The van der Waals surface area contributed by atoms with E-state index >= 15 is 0 Å². The van der Waals surface area contributed by atoms with E-state index < -0.39 is 6.10 Å². The molecule has 2 heterocycles. The summed E-state index contributed by atoms with van der Waals surface area (Å²) in [6.45, 7) is 0.403. The second kappa shape index (κ2) is 9.78. The van der Waals surface area contributed by atoms with Crippen molar-refractivity contribution >= 4 is 58.0 Å². The van der Waals surface area contributed by atoms with E-state index in [4.69, 9.17) is 17.0 Å². The lowest BCUT2D eigenvalue weighted by atomic mass is 10.2. The third-order valence-electron chi connectivity index (χ3n) is 4.47. The maximum Gasteiger partial charge on any atom is 0.266 e. The predicted molar refractivity (Wildman–Crippen MR) is 117 cm³/mol. The number of hydrogen-bond acceptors (Lipinski definition) is 7. The number of rotatable bonds is 7. The van der Waals surface area contributed by atoms with Crippen LogP contribution in [0, 0.1) is 0 Å². The molecule has 0 aliphatic carbocycles. The van der Waals surface area contributed by atoms with Gasteiger partial charge in [-0.2, -0.15) is 11.8 Å². The lowest BCUT2D eigenvalue weighted by molar-refractivity contribution is -0.124. The largest absolute Gasteiger partial charge is 0.497 e. The molecule has 0 aromatic heterocycles. The molecule has 2 aliphatic heterocycles. The molecule has 2 aliphatic rings. The molecule has 9 heteroatoms. The van der Waals surface area contributed by atoms with Crippen LogP contribution in [0.1, 0.15) is 18.4 Å². The minimum absolute atomic E-state index is 0.106. The number of amides is 2. The second-order valence-corrected chi connectivity index (χ2v) is 9.24. The van der Waals surface area contributed by atoms with E-state index in [0.29, 0.717) is 34.4 Å². The van der Waals surface area contributed by atoms with Crippen LogP contribution in [-0.4, -0.2) is 63.4 Å². The van der Waals surface area contributed by atoms with Crippen LogP contribution in [0.15, 0.2) is 29.2 Å². The normalized spacial score (nSPS) is 23.5. The maximum absolute atomic E-state index is 12.6. The van der Waals surface area contributed by atoms with Crippen molar-refractivity contribution in [3.63, 3.8) is 0 Å². The van der Waals surface area contributed by atoms with Crippen molar-refractivity contribution in [3.8, 4) is 5.75 Å². The van der Waals surface area contributed by atoms with Gasteiger partial charge in [-0.25, -0.2) is 0 Å². The Balaban J connectivity index is 1.50. The lowest BCUT2D eigenvalue weighted by Gasteiger charge is -2.17. The number of nitrogens with zero attached hydrogens (tertiary/aromatic N) is 1. The first-order chi connectivity index (χ1) is 13.5. The lowest BCUT2D eigenvalue weighted by Crippen LogP contribution is -2.42. The minimum Gasteiger partial charge on any atom is -0.497 e. The fourth-order valence-corrected chi connectivity index (χ4v) is 5.38. The van der Waals surface area contributed by atoms with Gasteiger partial charge < -0.3 is 15.2 Å². The number of thiocarbonyl (C=S) groups is 1. The Morgan fingerprint density at radius 1 is 1.39 bits per heavy atom. The highest BCUT2D eigenvalue weighted by Crippen LogP contribution is 2.33. The number of ether oxygens (including phenoxy) is 1. The summed E-state index contributed by atoms with van der Waals surface area (Å²) in [6, 6.07) is 7.26. The number of thioether (sulfide) groups is 2. The van der Waals surface area contributed by atoms with Crippen LogP contribution >= 0.6 is 35.7 Å². The number of aliphatic hydroxyl groups excluding tert-OH is 1. The molecule has 0 spiro atoms. The van der Waals surface area contributed by atoms with Crippen molar-refractivity contribution in [2.45, 2.75) is 25.0 Å². The van der Waals surface area contributed by atoms with Gasteiger partial charge in [-0.1, -0.05) is 36.1 Å². The van der Waals surface area contributed by atoms with Gasteiger partial charge in [0.05, 0.1) is 24.2 Å². The van der Waals surface area contributed by atoms with Crippen LogP contribution in [0.4, 0.5) is 0 Å². The summed E-state index contributed by atoms with van der Waals surface area (Å²) >= 11 is 8.23.